The molecule has 1 aliphatic heterocycles. The number of hydrogen-bond acceptors (Lipinski definition) is 7. The van der Waals surface area contributed by atoms with E-state index in [0.29, 0.717) is 28.3 Å². The Labute approximate surface area is 170 Å². The molecule has 4 rings (SSSR count). The van der Waals surface area contributed by atoms with E-state index in [1.54, 1.807) is 38.4 Å². The number of anilines is 1. The van der Waals surface area contributed by atoms with Gasteiger partial charge in [0.15, 0.2) is 6.23 Å². The van der Waals surface area contributed by atoms with Crippen LogP contribution >= 0.6 is 0 Å². The van der Waals surface area contributed by atoms with E-state index < -0.39 is 18.1 Å². The molecule has 0 spiro atoms. The van der Waals surface area contributed by atoms with Crippen LogP contribution in [-0.2, 0) is 16.6 Å². The second kappa shape index (κ2) is 7.50. The van der Waals surface area contributed by atoms with Gasteiger partial charge in [0, 0.05) is 31.3 Å². The number of rotatable bonds is 4. The van der Waals surface area contributed by atoms with E-state index in [9.17, 15) is 14.0 Å². The van der Waals surface area contributed by atoms with E-state index in [2.05, 4.69) is 20.4 Å². The average molecular weight is 411 g/mol. The van der Waals surface area contributed by atoms with Crippen molar-refractivity contribution in [1.29, 1.82) is 0 Å². The number of amides is 2. The molecular weight excluding hydrogens is 393 g/mol. The van der Waals surface area contributed by atoms with Crippen molar-refractivity contribution in [2.24, 2.45) is 7.05 Å². The van der Waals surface area contributed by atoms with Crippen molar-refractivity contribution >= 4 is 17.7 Å². The summed E-state index contributed by atoms with van der Waals surface area (Å²) in [5.74, 6) is -0.378. The SMILES string of the molecule is CC(=O)N(C)[C@@H]1CN(c2ccc(-c3ccc(-c4nnn(C)n4)nc3)c(F)c2)C(=O)O1. The van der Waals surface area contributed by atoms with Crippen molar-refractivity contribution in [3.63, 3.8) is 0 Å². The third-order valence-electron chi connectivity index (χ3n) is 4.80. The predicted octanol–water partition coefficient (Wildman–Crippen LogP) is 1.84. The fourth-order valence-electron chi connectivity index (χ4n) is 3.04. The smallest absolute Gasteiger partial charge is 0.416 e. The molecule has 10 nitrogen and oxygen atoms in total. The molecule has 1 fully saturated rings. The van der Waals surface area contributed by atoms with Crippen LogP contribution in [0.4, 0.5) is 14.9 Å². The van der Waals surface area contributed by atoms with Gasteiger partial charge < -0.3 is 9.64 Å². The van der Waals surface area contributed by atoms with Gasteiger partial charge in [-0.25, -0.2) is 9.18 Å². The molecule has 1 aliphatic rings. The molecule has 0 unspecified atom stereocenters. The fraction of sp³-hybridized carbons (Fsp3) is 0.263. The molecule has 3 heterocycles. The molecule has 2 aromatic heterocycles. The zero-order valence-electron chi connectivity index (χ0n) is 16.5. The number of ether oxygens (including phenoxy) is 1. The molecule has 154 valence electrons. The van der Waals surface area contributed by atoms with E-state index in [4.69, 9.17) is 4.74 Å². The van der Waals surface area contributed by atoms with Crippen molar-refractivity contribution in [2.45, 2.75) is 13.2 Å². The number of aromatic nitrogens is 5. The summed E-state index contributed by atoms with van der Waals surface area (Å²) in [4.78, 5) is 31.9. The predicted molar refractivity (Wildman–Crippen MR) is 103 cm³/mol. The summed E-state index contributed by atoms with van der Waals surface area (Å²) in [6.45, 7) is 1.50. The van der Waals surface area contributed by atoms with Gasteiger partial charge >= 0.3 is 6.09 Å². The molecule has 2 amide bonds. The zero-order valence-corrected chi connectivity index (χ0v) is 16.5. The number of tetrazole rings is 1. The first-order chi connectivity index (χ1) is 14.3. The molecule has 1 atom stereocenters. The van der Waals surface area contributed by atoms with Crippen molar-refractivity contribution in [3.8, 4) is 22.6 Å². The van der Waals surface area contributed by atoms with Gasteiger partial charge in [0.2, 0.25) is 11.7 Å². The average Bonchev–Trinajstić information content (AvgIpc) is 3.33. The lowest BCUT2D eigenvalue weighted by molar-refractivity contribution is -0.134. The number of benzene rings is 1. The molecule has 30 heavy (non-hydrogen) atoms. The minimum Gasteiger partial charge on any atom is -0.423 e. The van der Waals surface area contributed by atoms with E-state index in [1.807, 2.05) is 0 Å². The quantitative estimate of drug-likeness (QED) is 0.645. The fourth-order valence-corrected chi connectivity index (χ4v) is 3.04. The molecule has 3 aromatic rings. The Balaban J connectivity index is 1.55. The van der Waals surface area contributed by atoms with Crippen molar-refractivity contribution in [1.82, 2.24) is 30.1 Å². The Hall–Kier alpha value is -3.89. The summed E-state index contributed by atoms with van der Waals surface area (Å²) < 4.78 is 20.0. The maximum absolute atomic E-state index is 14.8. The van der Waals surface area contributed by atoms with Gasteiger partial charge in [0.25, 0.3) is 0 Å². The summed E-state index contributed by atoms with van der Waals surface area (Å²) >= 11 is 0. The number of hydrogen-bond donors (Lipinski definition) is 0. The molecule has 0 saturated carbocycles. The van der Waals surface area contributed by atoms with Gasteiger partial charge in [0.1, 0.15) is 11.5 Å². The van der Waals surface area contributed by atoms with Gasteiger partial charge in [-0.1, -0.05) is 6.07 Å². The van der Waals surface area contributed by atoms with Crippen LogP contribution in [0.5, 0.6) is 0 Å². The number of likely N-dealkylation sites (N-methyl/N-ethyl adjacent to an activating group) is 1. The van der Waals surface area contributed by atoms with Crippen LogP contribution in [-0.4, -0.2) is 61.9 Å². The summed E-state index contributed by atoms with van der Waals surface area (Å²) in [6.07, 6.45) is 0.165. The summed E-state index contributed by atoms with van der Waals surface area (Å²) in [5.41, 5.74) is 1.75. The standard InChI is InChI=1S/C19H18FN7O3/c1-11(28)25(2)17-10-27(19(29)30-17)13-5-6-14(15(20)8-13)12-4-7-16(21-9-12)18-22-24-26(3)23-18/h4-9,17H,10H2,1-3H3/t17-/m0/s1. The lowest BCUT2D eigenvalue weighted by Gasteiger charge is -2.20. The van der Waals surface area contributed by atoms with Gasteiger partial charge in [0.05, 0.1) is 19.3 Å². The maximum atomic E-state index is 14.8. The van der Waals surface area contributed by atoms with Gasteiger partial charge in [-0.3, -0.25) is 14.7 Å². The van der Waals surface area contributed by atoms with Gasteiger partial charge in [-0.2, -0.15) is 4.80 Å². The minimum absolute atomic E-state index is 0.120. The molecule has 0 radical (unpaired) electrons. The van der Waals surface area contributed by atoms with Crippen LogP contribution in [0.15, 0.2) is 36.5 Å². The number of halogens is 1. The number of pyridine rings is 1. The molecule has 0 aliphatic carbocycles. The highest BCUT2D eigenvalue weighted by atomic mass is 19.1. The first kappa shape index (κ1) is 19.4. The molecule has 0 bridgehead atoms. The topological polar surface area (TPSA) is 106 Å². The third-order valence-corrected chi connectivity index (χ3v) is 4.80. The van der Waals surface area contributed by atoms with Crippen LogP contribution in [0.2, 0.25) is 0 Å². The molecule has 0 N–H and O–H groups in total. The number of aryl methyl sites for hydroxylation is 1. The Morgan fingerprint density at radius 2 is 2.10 bits per heavy atom. The summed E-state index contributed by atoms with van der Waals surface area (Å²) in [7, 11) is 3.19. The minimum atomic E-state index is -0.718. The van der Waals surface area contributed by atoms with Gasteiger partial charge in [-0.05, 0) is 29.5 Å². The van der Waals surface area contributed by atoms with Crippen LogP contribution in [0, 0.1) is 5.82 Å². The highest BCUT2D eigenvalue weighted by Gasteiger charge is 2.36. The van der Waals surface area contributed by atoms with Crippen molar-refractivity contribution in [2.75, 3.05) is 18.5 Å². The highest BCUT2D eigenvalue weighted by molar-refractivity contribution is 5.90. The molecule has 11 heteroatoms. The lowest BCUT2D eigenvalue weighted by Crippen LogP contribution is -2.38. The molecular formula is C19H18FN7O3. The Bertz CT molecular complexity index is 1120. The van der Waals surface area contributed by atoms with E-state index in [1.165, 1.54) is 33.8 Å². The van der Waals surface area contributed by atoms with E-state index in [0.717, 1.165) is 0 Å². The first-order valence-electron chi connectivity index (χ1n) is 9.05. The van der Waals surface area contributed by atoms with E-state index in [-0.39, 0.29) is 12.5 Å². The second-order valence-corrected chi connectivity index (χ2v) is 6.78. The Morgan fingerprint density at radius 1 is 1.30 bits per heavy atom. The largest absolute Gasteiger partial charge is 0.423 e. The number of carbonyl (C=O) groups excluding carboxylic acids is 2. The monoisotopic (exact) mass is 411 g/mol. The summed E-state index contributed by atoms with van der Waals surface area (Å²) in [5, 5.41) is 11.7. The maximum Gasteiger partial charge on any atom is 0.416 e. The van der Waals surface area contributed by atoms with Crippen LogP contribution in [0.1, 0.15) is 6.92 Å². The number of nitrogens with zero attached hydrogens (tertiary/aromatic N) is 7. The number of cyclic esters (lactones) is 1. The number of carbonyl (C=O) groups is 2. The molecule has 1 aromatic carbocycles. The van der Waals surface area contributed by atoms with Gasteiger partial charge in [-0.15, -0.1) is 10.2 Å². The van der Waals surface area contributed by atoms with E-state index >= 15 is 0 Å². The summed E-state index contributed by atoms with van der Waals surface area (Å²) in [6, 6.07) is 7.83. The molecule has 1 saturated heterocycles. The van der Waals surface area contributed by atoms with Crippen LogP contribution < -0.4 is 4.90 Å². The Kier molecular flexibility index (Phi) is 4.86. The second-order valence-electron chi connectivity index (χ2n) is 6.78. The highest BCUT2D eigenvalue weighted by Crippen LogP contribution is 2.29. The normalized spacial score (nSPS) is 15.9. The first-order valence-corrected chi connectivity index (χ1v) is 9.05. The third kappa shape index (κ3) is 3.56. The lowest BCUT2D eigenvalue weighted by atomic mass is 10.1. The Morgan fingerprint density at radius 3 is 2.70 bits per heavy atom. The van der Waals surface area contributed by atoms with Crippen LogP contribution in [0.3, 0.4) is 0 Å². The van der Waals surface area contributed by atoms with Crippen LogP contribution in [0.25, 0.3) is 22.6 Å². The van der Waals surface area contributed by atoms with Crippen molar-refractivity contribution in [3.05, 3.63) is 42.3 Å². The zero-order chi connectivity index (χ0) is 21.4. The van der Waals surface area contributed by atoms with Crippen molar-refractivity contribution < 1.29 is 18.7 Å².